The van der Waals surface area contributed by atoms with Gasteiger partial charge in [0.1, 0.15) is 19.0 Å². The highest BCUT2D eigenvalue weighted by Crippen LogP contribution is 2.18. The quantitative estimate of drug-likeness (QED) is 0.540. The summed E-state index contributed by atoms with van der Waals surface area (Å²) in [5.74, 6) is 0.221. The normalized spacial score (nSPS) is 16.1. The Bertz CT molecular complexity index is 635. The third-order valence-corrected chi connectivity index (χ3v) is 5.58. The lowest BCUT2D eigenvalue weighted by molar-refractivity contribution is -0.152. The van der Waals surface area contributed by atoms with E-state index in [9.17, 15) is 13.2 Å². The minimum absolute atomic E-state index is 0.0886. The van der Waals surface area contributed by atoms with Gasteiger partial charge in [0.05, 0.1) is 10.8 Å². The number of hydrogen-bond acceptors (Lipinski definition) is 6. The number of esters is 1. The Morgan fingerprint density at radius 1 is 1.17 bits per heavy atom. The molecule has 1 fully saturated rings. The molecule has 134 valence electrons. The van der Waals surface area contributed by atoms with Crippen molar-refractivity contribution in [2.24, 2.45) is 5.92 Å². The molecule has 0 radical (unpaired) electrons. The number of sulfonamides is 1. The molecular weight excluding hydrogens is 334 g/mol. The smallest absolute Gasteiger partial charge is 0.309 e. The van der Waals surface area contributed by atoms with Crippen molar-refractivity contribution < 1.29 is 27.4 Å². The summed E-state index contributed by atoms with van der Waals surface area (Å²) in [6, 6.07) is 6.13. The standard InChI is InChI=1S/C16H23NO6S/c1-17(2)24(19,20)15-5-3-14(4-6-15)22-11-12-23-16(18)13-7-9-21-10-8-13/h3-6,13H,7-12H2,1-2H3. The second-order valence-electron chi connectivity index (χ2n) is 5.66. The van der Waals surface area contributed by atoms with Crippen LogP contribution >= 0.6 is 0 Å². The van der Waals surface area contributed by atoms with Crippen molar-refractivity contribution in [3.63, 3.8) is 0 Å². The van der Waals surface area contributed by atoms with E-state index in [-0.39, 0.29) is 30.0 Å². The van der Waals surface area contributed by atoms with Gasteiger partial charge in [0, 0.05) is 27.3 Å². The van der Waals surface area contributed by atoms with E-state index < -0.39 is 10.0 Å². The fourth-order valence-electron chi connectivity index (χ4n) is 2.27. The van der Waals surface area contributed by atoms with Gasteiger partial charge in [0.15, 0.2) is 0 Å². The Labute approximate surface area is 142 Å². The Balaban J connectivity index is 1.75. The molecule has 1 heterocycles. The van der Waals surface area contributed by atoms with Crippen LogP contribution in [0.15, 0.2) is 29.2 Å². The van der Waals surface area contributed by atoms with Crippen LogP contribution in [0, 0.1) is 5.92 Å². The number of rotatable bonds is 7. The fraction of sp³-hybridized carbons (Fsp3) is 0.562. The zero-order valence-electron chi connectivity index (χ0n) is 13.9. The third kappa shape index (κ3) is 4.93. The SMILES string of the molecule is CN(C)S(=O)(=O)c1ccc(OCCOC(=O)C2CCOCC2)cc1. The Morgan fingerprint density at radius 3 is 2.38 bits per heavy atom. The van der Waals surface area contributed by atoms with Gasteiger partial charge in [0.25, 0.3) is 0 Å². The number of nitrogens with zero attached hydrogens (tertiary/aromatic N) is 1. The molecule has 1 aromatic carbocycles. The predicted molar refractivity (Wildman–Crippen MR) is 87.3 cm³/mol. The fourth-order valence-corrected chi connectivity index (χ4v) is 3.17. The van der Waals surface area contributed by atoms with E-state index in [1.807, 2.05) is 0 Å². The van der Waals surface area contributed by atoms with Crippen LogP contribution in [0.25, 0.3) is 0 Å². The van der Waals surface area contributed by atoms with Crippen LogP contribution in [0.5, 0.6) is 5.75 Å². The molecule has 0 bridgehead atoms. The first-order chi connectivity index (χ1) is 11.4. The van der Waals surface area contributed by atoms with Gasteiger partial charge in [-0.1, -0.05) is 0 Å². The van der Waals surface area contributed by atoms with Gasteiger partial charge >= 0.3 is 5.97 Å². The lowest BCUT2D eigenvalue weighted by Crippen LogP contribution is -2.26. The zero-order chi connectivity index (χ0) is 17.6. The monoisotopic (exact) mass is 357 g/mol. The molecule has 2 rings (SSSR count). The van der Waals surface area contributed by atoms with Gasteiger partial charge in [0.2, 0.25) is 10.0 Å². The van der Waals surface area contributed by atoms with Crippen LogP contribution in [0.2, 0.25) is 0 Å². The molecule has 1 aliphatic heterocycles. The molecule has 1 aromatic rings. The molecule has 7 nitrogen and oxygen atoms in total. The Morgan fingerprint density at radius 2 is 1.79 bits per heavy atom. The zero-order valence-corrected chi connectivity index (χ0v) is 14.8. The molecule has 0 spiro atoms. The molecule has 0 atom stereocenters. The third-order valence-electron chi connectivity index (χ3n) is 3.75. The molecule has 0 amide bonds. The summed E-state index contributed by atoms with van der Waals surface area (Å²) in [6.45, 7) is 1.57. The first kappa shape index (κ1) is 18.7. The molecule has 1 aliphatic rings. The van der Waals surface area contributed by atoms with Gasteiger partial charge in [-0.2, -0.15) is 0 Å². The van der Waals surface area contributed by atoms with Gasteiger partial charge in [-0.15, -0.1) is 0 Å². The highest BCUT2D eigenvalue weighted by Gasteiger charge is 2.22. The summed E-state index contributed by atoms with van der Waals surface area (Å²) in [5, 5.41) is 0. The number of hydrogen-bond donors (Lipinski definition) is 0. The minimum atomic E-state index is -3.44. The maximum absolute atomic E-state index is 11.9. The van der Waals surface area contributed by atoms with Crippen LogP contribution in [-0.2, 0) is 24.3 Å². The molecule has 0 aliphatic carbocycles. The van der Waals surface area contributed by atoms with Gasteiger partial charge < -0.3 is 14.2 Å². The van der Waals surface area contributed by atoms with E-state index in [2.05, 4.69) is 0 Å². The van der Waals surface area contributed by atoms with Crippen molar-refractivity contribution in [1.82, 2.24) is 4.31 Å². The van der Waals surface area contributed by atoms with E-state index in [4.69, 9.17) is 14.2 Å². The molecule has 0 unspecified atom stereocenters. The Hall–Kier alpha value is -1.64. The molecule has 1 saturated heterocycles. The van der Waals surface area contributed by atoms with E-state index >= 15 is 0 Å². The van der Waals surface area contributed by atoms with Crippen LogP contribution in [-0.4, -0.2) is 59.2 Å². The predicted octanol–water partition coefficient (Wildman–Crippen LogP) is 1.29. The first-order valence-electron chi connectivity index (χ1n) is 7.81. The largest absolute Gasteiger partial charge is 0.490 e. The first-order valence-corrected chi connectivity index (χ1v) is 9.25. The average Bonchev–Trinajstić information content (AvgIpc) is 2.59. The van der Waals surface area contributed by atoms with Crippen molar-refractivity contribution in [3.8, 4) is 5.75 Å². The number of carbonyl (C=O) groups is 1. The van der Waals surface area contributed by atoms with E-state index in [0.29, 0.717) is 31.8 Å². The summed E-state index contributed by atoms with van der Waals surface area (Å²) in [7, 11) is -0.487. The summed E-state index contributed by atoms with van der Waals surface area (Å²) >= 11 is 0. The summed E-state index contributed by atoms with van der Waals surface area (Å²) in [6.07, 6.45) is 1.39. The Kier molecular flexibility index (Phi) is 6.59. The van der Waals surface area contributed by atoms with E-state index in [1.165, 1.54) is 26.2 Å². The molecule has 24 heavy (non-hydrogen) atoms. The average molecular weight is 357 g/mol. The van der Waals surface area contributed by atoms with Crippen LogP contribution < -0.4 is 4.74 Å². The highest BCUT2D eigenvalue weighted by molar-refractivity contribution is 7.89. The van der Waals surface area contributed by atoms with Crippen LogP contribution in [0.1, 0.15) is 12.8 Å². The number of benzene rings is 1. The molecule has 0 saturated carbocycles. The van der Waals surface area contributed by atoms with Crippen LogP contribution in [0.3, 0.4) is 0 Å². The van der Waals surface area contributed by atoms with Gasteiger partial charge in [-0.3, -0.25) is 4.79 Å². The molecule has 0 aromatic heterocycles. The molecule has 8 heteroatoms. The van der Waals surface area contributed by atoms with Gasteiger partial charge in [-0.05, 0) is 37.1 Å². The summed E-state index contributed by atoms with van der Waals surface area (Å²) in [4.78, 5) is 12.0. The highest BCUT2D eigenvalue weighted by atomic mass is 32.2. The van der Waals surface area contributed by atoms with Crippen LogP contribution in [0.4, 0.5) is 0 Å². The van der Waals surface area contributed by atoms with Crippen molar-refractivity contribution in [2.75, 3.05) is 40.5 Å². The second-order valence-corrected chi connectivity index (χ2v) is 7.81. The second kappa shape index (κ2) is 8.46. The lowest BCUT2D eigenvalue weighted by atomic mass is 10.0. The maximum atomic E-state index is 11.9. The van der Waals surface area contributed by atoms with Crippen molar-refractivity contribution in [1.29, 1.82) is 0 Å². The summed E-state index contributed by atoms with van der Waals surface area (Å²) in [5.41, 5.74) is 0. The number of carbonyl (C=O) groups excluding carboxylic acids is 1. The minimum Gasteiger partial charge on any atom is -0.490 e. The van der Waals surface area contributed by atoms with Crippen molar-refractivity contribution >= 4 is 16.0 Å². The van der Waals surface area contributed by atoms with E-state index in [1.54, 1.807) is 12.1 Å². The molecular formula is C16H23NO6S. The lowest BCUT2D eigenvalue weighted by Gasteiger charge is -2.20. The summed E-state index contributed by atoms with van der Waals surface area (Å²) < 4.78 is 40.9. The topological polar surface area (TPSA) is 82.1 Å². The number of ether oxygens (including phenoxy) is 3. The van der Waals surface area contributed by atoms with Crippen molar-refractivity contribution in [2.45, 2.75) is 17.7 Å². The maximum Gasteiger partial charge on any atom is 0.309 e. The van der Waals surface area contributed by atoms with Crippen molar-refractivity contribution in [3.05, 3.63) is 24.3 Å². The van der Waals surface area contributed by atoms with Gasteiger partial charge in [-0.25, -0.2) is 12.7 Å². The molecule has 0 N–H and O–H groups in total. The van der Waals surface area contributed by atoms with E-state index in [0.717, 1.165) is 4.31 Å².